The largest absolute Gasteiger partial charge is 0.462 e. The molecule has 21 heavy (non-hydrogen) atoms. The van der Waals surface area contributed by atoms with Crippen LogP contribution in [0.4, 0.5) is 5.00 Å². The van der Waals surface area contributed by atoms with Crippen LogP contribution in [0.25, 0.3) is 0 Å². The van der Waals surface area contributed by atoms with E-state index in [-0.39, 0.29) is 5.97 Å². The third-order valence-corrected chi connectivity index (χ3v) is 4.88. The number of anilines is 1. The summed E-state index contributed by atoms with van der Waals surface area (Å²) in [5.41, 5.74) is 7.54. The Morgan fingerprint density at radius 2 is 2.24 bits per heavy atom. The van der Waals surface area contributed by atoms with Crippen molar-refractivity contribution in [3.8, 4) is 0 Å². The molecule has 0 bridgehead atoms. The van der Waals surface area contributed by atoms with Crippen molar-refractivity contribution in [2.75, 3.05) is 18.9 Å². The Morgan fingerprint density at radius 3 is 2.90 bits per heavy atom. The normalized spacial score (nSPS) is 19.1. The molecule has 0 amide bonds. The van der Waals surface area contributed by atoms with Crippen molar-refractivity contribution in [3.05, 3.63) is 16.0 Å². The minimum Gasteiger partial charge on any atom is -0.462 e. The molecular weight excluding hydrogens is 290 g/mol. The molecule has 0 saturated heterocycles. The highest BCUT2D eigenvalue weighted by Gasteiger charge is 2.29. The smallest absolute Gasteiger partial charge is 0.341 e. The summed E-state index contributed by atoms with van der Waals surface area (Å²) in [6.45, 7) is 4.49. The molecule has 5 nitrogen and oxygen atoms in total. The van der Waals surface area contributed by atoms with Gasteiger partial charge < -0.3 is 20.3 Å². The van der Waals surface area contributed by atoms with Crippen LogP contribution in [0.3, 0.4) is 0 Å². The van der Waals surface area contributed by atoms with Gasteiger partial charge in [0.05, 0.1) is 12.2 Å². The summed E-state index contributed by atoms with van der Waals surface area (Å²) in [4.78, 5) is 13.2. The number of hydrogen-bond donors (Lipinski definition) is 2. The fraction of sp³-hybridized carbons (Fsp3) is 0.667. The molecule has 0 spiro atoms. The van der Waals surface area contributed by atoms with Gasteiger partial charge in [-0.1, -0.05) is 0 Å². The van der Waals surface area contributed by atoms with Crippen molar-refractivity contribution in [3.63, 3.8) is 0 Å². The molecule has 1 aromatic heterocycles. The van der Waals surface area contributed by atoms with Gasteiger partial charge in [-0.2, -0.15) is 0 Å². The Labute approximate surface area is 129 Å². The highest BCUT2D eigenvalue weighted by molar-refractivity contribution is 7.16. The maximum Gasteiger partial charge on any atom is 0.341 e. The van der Waals surface area contributed by atoms with Gasteiger partial charge in [0.15, 0.2) is 6.29 Å². The molecule has 1 aliphatic rings. The Morgan fingerprint density at radius 1 is 1.48 bits per heavy atom. The number of ether oxygens (including phenoxy) is 2. The van der Waals surface area contributed by atoms with Gasteiger partial charge >= 0.3 is 5.97 Å². The van der Waals surface area contributed by atoms with Crippen molar-refractivity contribution in [1.82, 2.24) is 0 Å². The van der Waals surface area contributed by atoms with Crippen LogP contribution in [-0.2, 0) is 22.3 Å². The fourth-order valence-electron chi connectivity index (χ4n) is 2.85. The predicted molar refractivity (Wildman–Crippen MR) is 82.5 cm³/mol. The molecule has 3 N–H and O–H groups in total. The summed E-state index contributed by atoms with van der Waals surface area (Å²) in [5.74, 6) is -0.0280. The first-order valence-electron chi connectivity index (χ1n) is 7.43. The molecule has 0 aliphatic heterocycles. The summed E-state index contributed by atoms with van der Waals surface area (Å²) >= 11 is 1.49. The van der Waals surface area contributed by atoms with E-state index in [4.69, 9.17) is 15.2 Å². The number of carbonyl (C=O) groups excluding carboxylic acids is 1. The zero-order valence-electron chi connectivity index (χ0n) is 12.6. The number of rotatable bonds is 6. The average molecular weight is 313 g/mol. The number of hydrogen-bond acceptors (Lipinski definition) is 6. The molecule has 2 rings (SSSR count). The summed E-state index contributed by atoms with van der Waals surface area (Å²) in [6.07, 6.45) is 2.49. The molecule has 1 heterocycles. The van der Waals surface area contributed by atoms with Crippen LogP contribution in [0, 0.1) is 5.92 Å². The minimum atomic E-state index is -0.733. The Hall–Kier alpha value is -1.11. The lowest BCUT2D eigenvalue weighted by atomic mass is 9.84. The topological polar surface area (TPSA) is 81.8 Å². The van der Waals surface area contributed by atoms with Crippen LogP contribution in [-0.4, -0.2) is 30.6 Å². The summed E-state index contributed by atoms with van der Waals surface area (Å²) < 4.78 is 10.3. The lowest BCUT2D eigenvalue weighted by Gasteiger charge is -2.24. The number of thiophene rings is 1. The summed E-state index contributed by atoms with van der Waals surface area (Å²) in [6, 6.07) is 0. The molecule has 1 aromatic rings. The van der Waals surface area contributed by atoms with Crippen molar-refractivity contribution in [2.45, 2.75) is 45.8 Å². The number of esters is 1. The molecule has 0 fully saturated rings. The van der Waals surface area contributed by atoms with Gasteiger partial charge in [-0.05, 0) is 44.6 Å². The SMILES string of the molecule is CCOC(=O)c1c(N)sc2c1CC(CC(O)OCC)CC2. The molecule has 0 radical (unpaired) electrons. The van der Waals surface area contributed by atoms with E-state index < -0.39 is 6.29 Å². The quantitative estimate of drug-likeness (QED) is 0.622. The van der Waals surface area contributed by atoms with Gasteiger partial charge in [-0.3, -0.25) is 0 Å². The maximum absolute atomic E-state index is 12.1. The first kappa shape index (κ1) is 16.3. The van der Waals surface area contributed by atoms with E-state index in [1.54, 1.807) is 6.92 Å². The molecule has 2 unspecified atom stereocenters. The van der Waals surface area contributed by atoms with Gasteiger partial charge in [0, 0.05) is 17.9 Å². The Balaban J connectivity index is 2.13. The molecule has 1 aliphatic carbocycles. The minimum absolute atomic E-state index is 0.307. The number of aryl methyl sites for hydroxylation is 1. The van der Waals surface area contributed by atoms with Crippen LogP contribution in [0.1, 0.15) is 47.5 Å². The second-order valence-corrected chi connectivity index (χ2v) is 6.35. The van der Waals surface area contributed by atoms with Crippen LogP contribution >= 0.6 is 11.3 Å². The molecule has 6 heteroatoms. The molecule has 0 aromatic carbocycles. The lowest BCUT2D eigenvalue weighted by Crippen LogP contribution is -2.22. The average Bonchev–Trinajstić information content (AvgIpc) is 2.74. The van der Waals surface area contributed by atoms with Gasteiger partial charge in [0.2, 0.25) is 0 Å². The van der Waals surface area contributed by atoms with Crippen LogP contribution in [0.5, 0.6) is 0 Å². The first-order valence-corrected chi connectivity index (χ1v) is 8.25. The number of carbonyl (C=O) groups is 1. The van der Waals surface area contributed by atoms with E-state index in [1.165, 1.54) is 16.2 Å². The number of nitrogens with two attached hydrogens (primary N) is 1. The number of aliphatic hydroxyl groups is 1. The van der Waals surface area contributed by atoms with E-state index >= 15 is 0 Å². The van der Waals surface area contributed by atoms with E-state index in [0.717, 1.165) is 24.8 Å². The summed E-state index contributed by atoms with van der Waals surface area (Å²) in [7, 11) is 0. The Kier molecular flexibility index (Phi) is 5.61. The number of aliphatic hydroxyl groups excluding tert-OH is 1. The predicted octanol–water partition coefficient (Wildman–Crippen LogP) is 2.36. The molecular formula is C15H23NO4S. The van der Waals surface area contributed by atoms with E-state index in [9.17, 15) is 9.90 Å². The molecule has 0 saturated carbocycles. The fourth-order valence-corrected chi connectivity index (χ4v) is 3.95. The van der Waals surface area contributed by atoms with Gasteiger partial charge in [0.1, 0.15) is 5.00 Å². The molecule has 118 valence electrons. The van der Waals surface area contributed by atoms with Crippen LogP contribution in [0.15, 0.2) is 0 Å². The maximum atomic E-state index is 12.1. The van der Waals surface area contributed by atoms with E-state index in [0.29, 0.717) is 36.1 Å². The first-order chi connectivity index (χ1) is 10.1. The monoisotopic (exact) mass is 313 g/mol. The van der Waals surface area contributed by atoms with Crippen LogP contribution < -0.4 is 5.73 Å². The summed E-state index contributed by atoms with van der Waals surface area (Å²) in [5, 5.41) is 10.3. The second-order valence-electron chi connectivity index (χ2n) is 5.22. The lowest BCUT2D eigenvalue weighted by molar-refractivity contribution is -0.107. The van der Waals surface area contributed by atoms with Gasteiger partial charge in [-0.15, -0.1) is 11.3 Å². The van der Waals surface area contributed by atoms with Gasteiger partial charge in [-0.25, -0.2) is 4.79 Å². The highest BCUT2D eigenvalue weighted by Crippen LogP contribution is 2.39. The second kappa shape index (κ2) is 7.24. The number of nitrogen functional groups attached to an aromatic ring is 1. The van der Waals surface area contributed by atoms with Crippen molar-refractivity contribution >= 4 is 22.3 Å². The van der Waals surface area contributed by atoms with E-state index in [2.05, 4.69) is 0 Å². The highest BCUT2D eigenvalue weighted by atomic mass is 32.1. The van der Waals surface area contributed by atoms with E-state index in [1.807, 2.05) is 6.92 Å². The van der Waals surface area contributed by atoms with Gasteiger partial charge in [0.25, 0.3) is 0 Å². The third kappa shape index (κ3) is 3.75. The van der Waals surface area contributed by atoms with Crippen molar-refractivity contribution in [2.24, 2.45) is 5.92 Å². The zero-order valence-corrected chi connectivity index (χ0v) is 13.4. The van der Waals surface area contributed by atoms with Crippen molar-refractivity contribution < 1.29 is 19.4 Å². The van der Waals surface area contributed by atoms with Crippen molar-refractivity contribution in [1.29, 1.82) is 0 Å². The molecule has 2 atom stereocenters. The Bertz CT molecular complexity index is 500. The van der Waals surface area contributed by atoms with Crippen LogP contribution in [0.2, 0.25) is 0 Å². The zero-order chi connectivity index (χ0) is 15.4. The number of fused-ring (bicyclic) bond motifs is 1. The third-order valence-electron chi connectivity index (χ3n) is 3.76. The standard InChI is InChI=1S/C15H23NO4S/c1-3-19-12(17)8-9-5-6-11-10(7-9)13(14(16)21-11)15(18)20-4-2/h9,12,17H,3-8,16H2,1-2H3.